The molecular weight excluding hydrogens is 362 g/mol. The first-order valence-electron chi connectivity index (χ1n) is 10.5. The van der Waals surface area contributed by atoms with Gasteiger partial charge in [0.05, 0.1) is 0 Å². The summed E-state index contributed by atoms with van der Waals surface area (Å²) >= 11 is 0. The summed E-state index contributed by atoms with van der Waals surface area (Å²) in [6.07, 6.45) is 3.26. The first kappa shape index (κ1) is 19.5. The molecule has 2 aromatic carbocycles. The Bertz CT molecular complexity index is 891. The Kier molecular flexibility index (Phi) is 5.31. The number of hydrogen-bond acceptors (Lipinski definition) is 2. The molecule has 0 radical (unpaired) electrons. The minimum atomic E-state index is -0.708. The normalized spacial score (nSPS) is 21.7. The zero-order valence-corrected chi connectivity index (χ0v) is 17.3. The van der Waals surface area contributed by atoms with Crippen molar-refractivity contribution in [3.05, 3.63) is 65.2 Å². The van der Waals surface area contributed by atoms with Crippen LogP contribution in [-0.4, -0.2) is 35.5 Å². The summed E-state index contributed by atoms with van der Waals surface area (Å²) < 4.78 is 0. The molecule has 2 heterocycles. The van der Waals surface area contributed by atoms with Crippen molar-refractivity contribution in [2.75, 3.05) is 18.0 Å². The predicted molar refractivity (Wildman–Crippen MR) is 115 cm³/mol. The van der Waals surface area contributed by atoms with Crippen molar-refractivity contribution in [2.24, 2.45) is 0 Å². The molecule has 2 aliphatic heterocycles. The number of nitrogens with one attached hydrogen (secondary N) is 1. The van der Waals surface area contributed by atoms with E-state index in [2.05, 4.69) is 5.32 Å². The fraction of sp³-hybridized carbons (Fsp3) is 0.417. The third-order valence-corrected chi connectivity index (χ3v) is 6.26. The van der Waals surface area contributed by atoms with Crippen LogP contribution in [0.4, 0.5) is 10.5 Å². The van der Waals surface area contributed by atoms with Crippen molar-refractivity contribution in [2.45, 2.75) is 51.6 Å². The smallest absolute Gasteiger partial charge is 0.318 e. The summed E-state index contributed by atoms with van der Waals surface area (Å²) in [4.78, 5) is 30.3. The van der Waals surface area contributed by atoms with Crippen molar-refractivity contribution < 1.29 is 9.59 Å². The van der Waals surface area contributed by atoms with Crippen molar-refractivity contribution in [1.82, 2.24) is 10.2 Å². The molecule has 0 aromatic heterocycles. The van der Waals surface area contributed by atoms with Crippen LogP contribution in [0, 0.1) is 13.8 Å². The van der Waals surface area contributed by atoms with Crippen molar-refractivity contribution in [3.8, 4) is 0 Å². The second-order valence-corrected chi connectivity index (χ2v) is 8.33. The topological polar surface area (TPSA) is 52.7 Å². The maximum Gasteiger partial charge on any atom is 0.318 e. The number of piperidine rings is 1. The van der Waals surface area contributed by atoms with Gasteiger partial charge in [0.25, 0.3) is 5.91 Å². The largest absolute Gasteiger partial charge is 0.334 e. The lowest BCUT2D eigenvalue weighted by molar-refractivity contribution is -0.129. The van der Waals surface area contributed by atoms with Gasteiger partial charge in [0, 0.05) is 25.3 Å². The van der Waals surface area contributed by atoms with Crippen LogP contribution in [0.25, 0.3) is 0 Å². The van der Waals surface area contributed by atoms with Gasteiger partial charge in [0.1, 0.15) is 5.54 Å². The Morgan fingerprint density at radius 1 is 0.931 bits per heavy atom. The van der Waals surface area contributed by atoms with E-state index in [1.54, 1.807) is 4.90 Å². The van der Waals surface area contributed by atoms with Crippen LogP contribution in [0.2, 0.25) is 0 Å². The molecule has 2 saturated heterocycles. The molecule has 1 unspecified atom stereocenters. The maximum atomic E-state index is 13.6. The zero-order chi connectivity index (χ0) is 20.4. The summed E-state index contributed by atoms with van der Waals surface area (Å²) in [5, 5.41) is 3.03. The molecule has 152 valence electrons. The number of hydrogen-bond donors (Lipinski definition) is 1. The lowest BCUT2D eigenvalue weighted by Crippen LogP contribution is -2.63. The molecule has 1 atom stereocenters. The molecule has 1 N–H and O–H groups in total. The minimum absolute atomic E-state index is 0.0654. The molecule has 0 bridgehead atoms. The summed E-state index contributed by atoms with van der Waals surface area (Å²) in [7, 11) is 0. The van der Waals surface area contributed by atoms with Gasteiger partial charge in [-0.3, -0.25) is 4.79 Å². The highest BCUT2D eigenvalue weighted by molar-refractivity contribution is 6.03. The van der Waals surface area contributed by atoms with Gasteiger partial charge >= 0.3 is 6.03 Å². The molecular formula is C24H29N3O2. The van der Waals surface area contributed by atoms with Crippen LogP contribution in [0.1, 0.15) is 42.4 Å². The Morgan fingerprint density at radius 2 is 1.52 bits per heavy atom. The molecule has 2 aromatic rings. The molecule has 5 nitrogen and oxygen atoms in total. The monoisotopic (exact) mass is 391 g/mol. The SMILES string of the molecule is Cc1ccc(CNC(=O)N2CCCC23CCCN(c2ccc(C)cc2)C3=O)cc1. The number of benzene rings is 2. The van der Waals surface area contributed by atoms with E-state index in [1.807, 2.05) is 67.3 Å². The molecule has 3 amide bonds. The van der Waals surface area contributed by atoms with Crippen LogP contribution in [-0.2, 0) is 11.3 Å². The van der Waals surface area contributed by atoms with Crippen molar-refractivity contribution >= 4 is 17.6 Å². The predicted octanol–water partition coefficient (Wildman–Crippen LogP) is 4.17. The highest BCUT2D eigenvalue weighted by atomic mass is 16.2. The lowest BCUT2D eigenvalue weighted by Gasteiger charge is -2.44. The summed E-state index contributed by atoms with van der Waals surface area (Å²) in [6, 6.07) is 16.1. The third kappa shape index (κ3) is 3.74. The average Bonchev–Trinajstić information content (AvgIpc) is 3.15. The minimum Gasteiger partial charge on any atom is -0.334 e. The number of rotatable bonds is 3. The number of amides is 3. The number of nitrogens with zero attached hydrogens (tertiary/aromatic N) is 2. The average molecular weight is 392 g/mol. The van der Waals surface area contributed by atoms with Crippen molar-refractivity contribution in [3.63, 3.8) is 0 Å². The Hall–Kier alpha value is -2.82. The van der Waals surface area contributed by atoms with E-state index in [-0.39, 0.29) is 11.9 Å². The van der Waals surface area contributed by atoms with Gasteiger partial charge in [0.2, 0.25) is 0 Å². The molecule has 2 aliphatic rings. The molecule has 4 rings (SSSR count). The summed E-state index contributed by atoms with van der Waals surface area (Å²) in [5.74, 6) is 0.0654. The standard InChI is InChI=1S/C24H29N3O2/c1-18-5-9-20(10-6-18)17-25-23(29)27-16-4-14-24(27)13-3-15-26(22(24)28)21-11-7-19(2)8-12-21/h5-12H,3-4,13-17H2,1-2H3,(H,25,29). The van der Waals surface area contributed by atoms with Crippen molar-refractivity contribution in [1.29, 1.82) is 0 Å². The first-order chi connectivity index (χ1) is 14.0. The van der Waals surface area contributed by atoms with Gasteiger partial charge in [-0.1, -0.05) is 47.5 Å². The van der Waals surface area contributed by atoms with E-state index in [9.17, 15) is 9.59 Å². The van der Waals surface area contributed by atoms with Gasteiger partial charge in [-0.25, -0.2) is 4.79 Å². The Labute approximate surface area is 172 Å². The lowest BCUT2D eigenvalue weighted by atomic mass is 9.85. The third-order valence-electron chi connectivity index (χ3n) is 6.26. The van der Waals surface area contributed by atoms with E-state index in [0.29, 0.717) is 19.6 Å². The second kappa shape index (κ2) is 7.90. The zero-order valence-electron chi connectivity index (χ0n) is 17.3. The first-order valence-corrected chi connectivity index (χ1v) is 10.5. The Morgan fingerprint density at radius 3 is 2.17 bits per heavy atom. The number of carbonyl (C=O) groups excluding carboxylic acids is 2. The van der Waals surface area contributed by atoms with Crippen LogP contribution in [0.3, 0.4) is 0 Å². The molecule has 5 heteroatoms. The molecule has 29 heavy (non-hydrogen) atoms. The number of aryl methyl sites for hydroxylation is 2. The highest BCUT2D eigenvalue weighted by Gasteiger charge is 2.53. The fourth-order valence-electron chi connectivity index (χ4n) is 4.60. The van der Waals surface area contributed by atoms with Crippen LogP contribution >= 0.6 is 0 Å². The van der Waals surface area contributed by atoms with Gasteiger partial charge in [-0.15, -0.1) is 0 Å². The second-order valence-electron chi connectivity index (χ2n) is 8.33. The quantitative estimate of drug-likeness (QED) is 0.854. The molecule has 0 saturated carbocycles. The number of urea groups is 1. The van der Waals surface area contributed by atoms with Gasteiger partial charge in [-0.05, 0) is 57.2 Å². The van der Waals surface area contributed by atoms with Crippen LogP contribution in [0.5, 0.6) is 0 Å². The number of likely N-dealkylation sites (tertiary alicyclic amines) is 1. The summed E-state index contributed by atoms with van der Waals surface area (Å²) in [6.45, 7) is 5.91. The summed E-state index contributed by atoms with van der Waals surface area (Å²) in [5.41, 5.74) is 3.65. The molecule has 2 fully saturated rings. The maximum absolute atomic E-state index is 13.6. The fourth-order valence-corrected chi connectivity index (χ4v) is 4.60. The van der Waals surface area contributed by atoms with E-state index >= 15 is 0 Å². The van der Waals surface area contributed by atoms with E-state index in [4.69, 9.17) is 0 Å². The van der Waals surface area contributed by atoms with Gasteiger partial charge in [0.15, 0.2) is 0 Å². The van der Waals surface area contributed by atoms with Gasteiger partial charge in [-0.2, -0.15) is 0 Å². The van der Waals surface area contributed by atoms with Crippen LogP contribution < -0.4 is 10.2 Å². The van der Waals surface area contributed by atoms with Crippen LogP contribution in [0.15, 0.2) is 48.5 Å². The highest BCUT2D eigenvalue weighted by Crippen LogP contribution is 2.39. The van der Waals surface area contributed by atoms with Gasteiger partial charge < -0.3 is 15.1 Å². The number of carbonyl (C=O) groups is 2. The van der Waals surface area contributed by atoms with E-state index in [0.717, 1.165) is 36.9 Å². The van der Waals surface area contributed by atoms with E-state index < -0.39 is 5.54 Å². The number of anilines is 1. The molecule has 0 aliphatic carbocycles. The molecule has 1 spiro atoms. The van der Waals surface area contributed by atoms with E-state index in [1.165, 1.54) is 11.1 Å². The Balaban J connectivity index is 1.50.